The van der Waals surface area contributed by atoms with Crippen molar-refractivity contribution in [3.05, 3.63) is 94.2 Å². The van der Waals surface area contributed by atoms with E-state index in [4.69, 9.17) is 4.52 Å². The molecule has 8 heteroatoms. The molecule has 0 saturated carbocycles. The third-order valence-electron chi connectivity index (χ3n) is 4.60. The zero-order chi connectivity index (χ0) is 19.6. The quantitative estimate of drug-likeness (QED) is 0.500. The van der Waals surface area contributed by atoms with Crippen LogP contribution in [0, 0.1) is 0 Å². The summed E-state index contributed by atoms with van der Waals surface area (Å²) in [4.78, 5) is 16.6. The van der Waals surface area contributed by atoms with Gasteiger partial charge in [0.25, 0.3) is 11.4 Å². The minimum Gasteiger partial charge on any atom is -0.332 e. The first-order valence-corrected chi connectivity index (χ1v) is 9.12. The monoisotopic (exact) mass is 384 g/mol. The van der Waals surface area contributed by atoms with Gasteiger partial charge in [0.1, 0.15) is 5.69 Å². The van der Waals surface area contributed by atoms with Crippen molar-refractivity contribution in [3.63, 3.8) is 0 Å². The van der Waals surface area contributed by atoms with Gasteiger partial charge in [-0.15, -0.1) is 0 Å². The van der Waals surface area contributed by atoms with Crippen LogP contribution in [0.15, 0.2) is 76.2 Å². The fraction of sp³-hybridized carbons (Fsp3) is 0.0952. The molecular formula is C21H16N6O2. The Kier molecular flexibility index (Phi) is 4.21. The van der Waals surface area contributed by atoms with Crippen molar-refractivity contribution in [2.45, 2.75) is 13.0 Å². The first-order valence-electron chi connectivity index (χ1n) is 9.12. The maximum Gasteiger partial charge on any atom is 0.278 e. The maximum atomic E-state index is 12.2. The summed E-state index contributed by atoms with van der Waals surface area (Å²) in [6.45, 7) is 0.374. The standard InChI is InChI=1S/C21H16N6O2/c28-20-9-8-18(25-27(20)13-14-4-2-1-3-5-14)21-23-19(26-29-21)11-15-6-7-17-16(10-15)12-22-24-17/h1-10,12H,11,13H2,(H,22,24). The van der Waals surface area contributed by atoms with Crippen LogP contribution in [0.2, 0.25) is 0 Å². The van der Waals surface area contributed by atoms with Gasteiger partial charge in [0, 0.05) is 17.9 Å². The van der Waals surface area contributed by atoms with Crippen LogP contribution in [0.5, 0.6) is 0 Å². The number of aromatic nitrogens is 6. The van der Waals surface area contributed by atoms with Crippen molar-refractivity contribution in [3.8, 4) is 11.6 Å². The van der Waals surface area contributed by atoms with Crippen molar-refractivity contribution in [1.29, 1.82) is 0 Å². The van der Waals surface area contributed by atoms with E-state index < -0.39 is 0 Å². The summed E-state index contributed by atoms with van der Waals surface area (Å²) >= 11 is 0. The molecule has 3 heterocycles. The number of H-pyrrole nitrogens is 1. The van der Waals surface area contributed by atoms with Crippen LogP contribution >= 0.6 is 0 Å². The summed E-state index contributed by atoms with van der Waals surface area (Å²) in [6.07, 6.45) is 2.30. The summed E-state index contributed by atoms with van der Waals surface area (Å²) in [6, 6.07) is 18.7. The van der Waals surface area contributed by atoms with Crippen molar-refractivity contribution in [2.24, 2.45) is 0 Å². The molecule has 0 amide bonds. The summed E-state index contributed by atoms with van der Waals surface area (Å²) in [5.74, 6) is 0.830. The average Bonchev–Trinajstić information content (AvgIpc) is 3.40. The van der Waals surface area contributed by atoms with Crippen LogP contribution in [-0.4, -0.2) is 30.1 Å². The molecule has 0 fully saturated rings. The van der Waals surface area contributed by atoms with Gasteiger partial charge in [0.15, 0.2) is 5.82 Å². The molecule has 29 heavy (non-hydrogen) atoms. The molecule has 0 bridgehead atoms. The minimum atomic E-state index is -0.189. The van der Waals surface area contributed by atoms with Crippen LogP contribution in [0.3, 0.4) is 0 Å². The Morgan fingerprint density at radius 1 is 1.00 bits per heavy atom. The van der Waals surface area contributed by atoms with E-state index in [0.717, 1.165) is 22.0 Å². The summed E-state index contributed by atoms with van der Waals surface area (Å²) < 4.78 is 6.77. The summed E-state index contributed by atoms with van der Waals surface area (Å²) in [5.41, 5.74) is 3.29. The normalized spacial score (nSPS) is 11.2. The molecule has 5 rings (SSSR count). The average molecular weight is 384 g/mol. The third-order valence-corrected chi connectivity index (χ3v) is 4.60. The van der Waals surface area contributed by atoms with Gasteiger partial charge in [-0.2, -0.15) is 15.2 Å². The summed E-state index contributed by atoms with van der Waals surface area (Å²) in [7, 11) is 0. The lowest BCUT2D eigenvalue weighted by Gasteiger charge is -2.05. The second-order valence-electron chi connectivity index (χ2n) is 6.68. The topological polar surface area (TPSA) is 102 Å². The van der Waals surface area contributed by atoms with E-state index in [-0.39, 0.29) is 11.4 Å². The predicted octanol–water partition coefficient (Wildman–Crippen LogP) is 2.81. The minimum absolute atomic E-state index is 0.189. The van der Waals surface area contributed by atoms with Crippen LogP contribution in [-0.2, 0) is 13.0 Å². The molecule has 0 aliphatic carbocycles. The zero-order valence-corrected chi connectivity index (χ0v) is 15.3. The SMILES string of the molecule is O=c1ccc(-c2nc(Cc3ccc4[nH]ncc4c3)no2)nn1Cc1ccccc1. The van der Waals surface area contributed by atoms with Crippen LogP contribution < -0.4 is 5.56 Å². The van der Waals surface area contributed by atoms with E-state index in [2.05, 4.69) is 25.4 Å². The molecule has 1 N–H and O–H groups in total. The molecule has 8 nitrogen and oxygen atoms in total. The van der Waals surface area contributed by atoms with E-state index in [1.807, 2.05) is 48.5 Å². The molecule has 0 saturated heterocycles. The van der Waals surface area contributed by atoms with E-state index in [1.54, 1.807) is 12.3 Å². The third kappa shape index (κ3) is 3.55. The lowest BCUT2D eigenvalue weighted by molar-refractivity contribution is 0.421. The van der Waals surface area contributed by atoms with Gasteiger partial charge < -0.3 is 4.52 Å². The lowest BCUT2D eigenvalue weighted by atomic mass is 10.1. The molecule has 0 aliphatic heterocycles. The molecule has 0 unspecified atom stereocenters. The molecule has 0 aliphatic rings. The van der Waals surface area contributed by atoms with E-state index in [1.165, 1.54) is 10.7 Å². The second kappa shape index (κ2) is 7.16. The van der Waals surface area contributed by atoms with Gasteiger partial charge in [0.05, 0.1) is 18.3 Å². The molecular weight excluding hydrogens is 368 g/mol. The molecule has 5 aromatic rings. The maximum absolute atomic E-state index is 12.2. The number of nitrogens with zero attached hydrogens (tertiary/aromatic N) is 5. The highest BCUT2D eigenvalue weighted by Crippen LogP contribution is 2.17. The van der Waals surface area contributed by atoms with Crippen molar-refractivity contribution >= 4 is 10.9 Å². The van der Waals surface area contributed by atoms with Gasteiger partial charge in [-0.1, -0.05) is 41.6 Å². The Morgan fingerprint density at radius 3 is 2.79 bits per heavy atom. The predicted molar refractivity (Wildman–Crippen MR) is 106 cm³/mol. The molecule has 0 atom stereocenters. The highest BCUT2D eigenvalue weighted by Gasteiger charge is 2.13. The molecule has 3 aromatic heterocycles. The number of hydrogen-bond acceptors (Lipinski definition) is 6. The fourth-order valence-electron chi connectivity index (χ4n) is 3.15. The number of nitrogens with one attached hydrogen (secondary N) is 1. The number of rotatable bonds is 5. The van der Waals surface area contributed by atoms with E-state index >= 15 is 0 Å². The first-order chi connectivity index (χ1) is 14.2. The first kappa shape index (κ1) is 17.1. The Balaban J connectivity index is 1.39. The fourth-order valence-corrected chi connectivity index (χ4v) is 3.15. The van der Waals surface area contributed by atoms with Gasteiger partial charge >= 0.3 is 0 Å². The number of benzene rings is 2. The number of fused-ring (bicyclic) bond motifs is 1. The van der Waals surface area contributed by atoms with E-state index in [9.17, 15) is 4.79 Å². The number of hydrogen-bond donors (Lipinski definition) is 1. The zero-order valence-electron chi connectivity index (χ0n) is 15.3. The van der Waals surface area contributed by atoms with Crippen molar-refractivity contribution in [1.82, 2.24) is 30.1 Å². The smallest absolute Gasteiger partial charge is 0.278 e. The molecule has 0 spiro atoms. The summed E-state index contributed by atoms with van der Waals surface area (Å²) in [5, 5.41) is 16.4. The molecule has 142 valence electrons. The van der Waals surface area contributed by atoms with Crippen LogP contribution in [0.25, 0.3) is 22.5 Å². The number of aromatic amines is 1. The highest BCUT2D eigenvalue weighted by atomic mass is 16.5. The van der Waals surface area contributed by atoms with Gasteiger partial charge in [-0.3, -0.25) is 9.89 Å². The Hall–Kier alpha value is -4.07. The van der Waals surface area contributed by atoms with E-state index in [0.29, 0.717) is 24.5 Å². The Labute approximate surface area is 164 Å². The van der Waals surface area contributed by atoms with Crippen molar-refractivity contribution < 1.29 is 4.52 Å². The molecule has 2 aromatic carbocycles. The largest absolute Gasteiger partial charge is 0.332 e. The Bertz CT molecular complexity index is 1340. The second-order valence-corrected chi connectivity index (χ2v) is 6.68. The van der Waals surface area contributed by atoms with Crippen molar-refractivity contribution in [2.75, 3.05) is 0 Å². The van der Waals surface area contributed by atoms with Gasteiger partial charge in [-0.25, -0.2) is 4.68 Å². The van der Waals surface area contributed by atoms with Crippen LogP contribution in [0.4, 0.5) is 0 Å². The van der Waals surface area contributed by atoms with Crippen LogP contribution in [0.1, 0.15) is 17.0 Å². The van der Waals surface area contributed by atoms with Gasteiger partial charge in [-0.05, 0) is 29.3 Å². The lowest BCUT2D eigenvalue weighted by Crippen LogP contribution is -2.22. The highest BCUT2D eigenvalue weighted by molar-refractivity contribution is 5.78. The van der Waals surface area contributed by atoms with Gasteiger partial charge in [0.2, 0.25) is 0 Å². The molecule has 0 radical (unpaired) electrons. The Morgan fingerprint density at radius 2 is 1.90 bits per heavy atom.